The Morgan fingerprint density at radius 1 is 1.14 bits per heavy atom. The number of ether oxygens (including phenoxy) is 2. The van der Waals surface area contributed by atoms with E-state index in [1.807, 2.05) is 6.07 Å². The number of rotatable bonds is 6. The van der Waals surface area contributed by atoms with Gasteiger partial charge in [-0.1, -0.05) is 11.6 Å². The molecule has 0 aliphatic carbocycles. The summed E-state index contributed by atoms with van der Waals surface area (Å²) in [7, 11) is 1.50. The molecule has 0 atom stereocenters. The quantitative estimate of drug-likeness (QED) is 0.887. The minimum atomic E-state index is -0.358. The lowest BCUT2D eigenvalue weighted by molar-refractivity contribution is 0.296. The van der Waals surface area contributed by atoms with Gasteiger partial charge in [0.25, 0.3) is 0 Å². The zero-order valence-corrected chi connectivity index (χ0v) is 12.5. The van der Waals surface area contributed by atoms with E-state index < -0.39 is 0 Å². The van der Waals surface area contributed by atoms with Gasteiger partial charge in [-0.25, -0.2) is 4.39 Å². The lowest BCUT2D eigenvalue weighted by Gasteiger charge is -2.12. The molecular weight excluding hydrogens is 293 g/mol. The number of benzene rings is 2. The van der Waals surface area contributed by atoms with Gasteiger partial charge >= 0.3 is 0 Å². The molecule has 0 fully saturated rings. The van der Waals surface area contributed by atoms with Crippen LogP contribution in [-0.4, -0.2) is 13.7 Å². The molecule has 0 aromatic heterocycles. The zero-order valence-electron chi connectivity index (χ0n) is 11.7. The standard InChI is InChI=1S/C16H17ClFNO2/c1-20-14-4-2-12(15(18)9-14)10-21-16-5-3-13(17)8-11(16)6-7-19/h2-5,8-9H,6-7,10,19H2,1H3. The summed E-state index contributed by atoms with van der Waals surface area (Å²) in [6, 6.07) is 10.0. The van der Waals surface area contributed by atoms with E-state index in [2.05, 4.69) is 0 Å². The number of nitrogens with two attached hydrogens (primary N) is 1. The molecule has 0 amide bonds. The van der Waals surface area contributed by atoms with Crippen molar-refractivity contribution in [2.45, 2.75) is 13.0 Å². The maximum Gasteiger partial charge on any atom is 0.133 e. The van der Waals surface area contributed by atoms with Gasteiger partial charge in [0.05, 0.1) is 7.11 Å². The Morgan fingerprint density at radius 2 is 1.95 bits per heavy atom. The van der Waals surface area contributed by atoms with Crippen molar-refractivity contribution in [3.63, 3.8) is 0 Å². The summed E-state index contributed by atoms with van der Waals surface area (Å²) in [5.74, 6) is 0.787. The van der Waals surface area contributed by atoms with Crippen LogP contribution in [0.4, 0.5) is 4.39 Å². The SMILES string of the molecule is COc1ccc(COc2ccc(Cl)cc2CCN)c(F)c1. The van der Waals surface area contributed by atoms with E-state index in [9.17, 15) is 4.39 Å². The van der Waals surface area contributed by atoms with Crippen LogP contribution in [0.15, 0.2) is 36.4 Å². The first-order chi connectivity index (χ1) is 10.1. The van der Waals surface area contributed by atoms with Crippen molar-refractivity contribution in [2.24, 2.45) is 5.73 Å². The number of halogens is 2. The molecule has 0 bridgehead atoms. The third-order valence-electron chi connectivity index (χ3n) is 3.08. The van der Waals surface area contributed by atoms with Crippen molar-refractivity contribution in [3.05, 3.63) is 58.4 Å². The number of methoxy groups -OCH3 is 1. The fourth-order valence-electron chi connectivity index (χ4n) is 1.97. The molecule has 3 nitrogen and oxygen atoms in total. The summed E-state index contributed by atoms with van der Waals surface area (Å²) in [5.41, 5.74) is 6.95. The second-order valence-electron chi connectivity index (χ2n) is 4.54. The molecule has 0 saturated heterocycles. The van der Waals surface area contributed by atoms with Crippen LogP contribution < -0.4 is 15.2 Å². The van der Waals surface area contributed by atoms with Crippen LogP contribution in [0.2, 0.25) is 5.02 Å². The van der Waals surface area contributed by atoms with E-state index in [0.717, 1.165) is 5.56 Å². The highest BCUT2D eigenvalue weighted by Crippen LogP contribution is 2.25. The van der Waals surface area contributed by atoms with E-state index in [1.54, 1.807) is 24.3 Å². The first-order valence-corrected chi connectivity index (χ1v) is 6.95. The molecule has 2 aromatic rings. The van der Waals surface area contributed by atoms with Crippen LogP contribution in [0.5, 0.6) is 11.5 Å². The van der Waals surface area contributed by atoms with E-state index >= 15 is 0 Å². The van der Waals surface area contributed by atoms with Gasteiger partial charge < -0.3 is 15.2 Å². The Hall–Kier alpha value is -1.78. The van der Waals surface area contributed by atoms with Gasteiger partial charge in [-0.15, -0.1) is 0 Å². The fraction of sp³-hybridized carbons (Fsp3) is 0.250. The third-order valence-corrected chi connectivity index (χ3v) is 3.31. The topological polar surface area (TPSA) is 44.5 Å². The highest BCUT2D eigenvalue weighted by molar-refractivity contribution is 6.30. The average molecular weight is 310 g/mol. The van der Waals surface area contributed by atoms with Crippen molar-refractivity contribution in [3.8, 4) is 11.5 Å². The van der Waals surface area contributed by atoms with Crippen LogP contribution >= 0.6 is 11.6 Å². The molecule has 0 saturated carbocycles. The fourth-order valence-corrected chi connectivity index (χ4v) is 2.16. The minimum Gasteiger partial charge on any atom is -0.497 e. The Morgan fingerprint density at radius 3 is 2.62 bits per heavy atom. The molecule has 0 aliphatic rings. The Labute approximate surface area is 128 Å². The van der Waals surface area contributed by atoms with Crippen LogP contribution in [0.1, 0.15) is 11.1 Å². The molecule has 0 heterocycles. The van der Waals surface area contributed by atoms with Crippen LogP contribution in [0, 0.1) is 5.82 Å². The lowest BCUT2D eigenvalue weighted by Crippen LogP contribution is -2.06. The molecule has 112 valence electrons. The van der Waals surface area contributed by atoms with Gasteiger partial charge in [-0.3, -0.25) is 0 Å². The number of hydrogen-bond acceptors (Lipinski definition) is 3. The average Bonchev–Trinajstić information content (AvgIpc) is 2.48. The Balaban J connectivity index is 2.12. The smallest absolute Gasteiger partial charge is 0.133 e. The maximum absolute atomic E-state index is 13.9. The Kier molecular flexibility index (Phi) is 5.42. The van der Waals surface area contributed by atoms with Crippen molar-refractivity contribution >= 4 is 11.6 Å². The molecule has 5 heteroatoms. The third kappa shape index (κ3) is 4.09. The van der Waals surface area contributed by atoms with E-state index in [4.69, 9.17) is 26.8 Å². The molecular formula is C16H17ClFNO2. The second-order valence-corrected chi connectivity index (χ2v) is 4.97. The first kappa shape index (κ1) is 15.6. The summed E-state index contributed by atoms with van der Waals surface area (Å²) >= 11 is 5.96. The molecule has 21 heavy (non-hydrogen) atoms. The predicted molar refractivity (Wildman–Crippen MR) is 81.5 cm³/mol. The monoisotopic (exact) mass is 309 g/mol. The van der Waals surface area contributed by atoms with Crippen molar-refractivity contribution in [1.29, 1.82) is 0 Å². The van der Waals surface area contributed by atoms with Gasteiger partial charge in [0, 0.05) is 16.7 Å². The largest absolute Gasteiger partial charge is 0.497 e. The highest BCUT2D eigenvalue weighted by Gasteiger charge is 2.08. The summed E-state index contributed by atoms with van der Waals surface area (Å²) in [4.78, 5) is 0. The zero-order chi connectivity index (χ0) is 15.2. The summed E-state index contributed by atoms with van der Waals surface area (Å²) in [6.45, 7) is 0.628. The predicted octanol–water partition coefficient (Wildman–Crippen LogP) is 3.57. The molecule has 0 aliphatic heterocycles. The van der Waals surface area contributed by atoms with Crippen molar-refractivity contribution in [1.82, 2.24) is 0 Å². The molecule has 2 aromatic carbocycles. The van der Waals surface area contributed by atoms with Gasteiger partial charge in [0.2, 0.25) is 0 Å². The lowest BCUT2D eigenvalue weighted by atomic mass is 10.1. The van der Waals surface area contributed by atoms with Gasteiger partial charge in [0.1, 0.15) is 23.9 Å². The summed E-state index contributed by atoms with van der Waals surface area (Å²) < 4.78 is 24.5. The van der Waals surface area contributed by atoms with Crippen molar-refractivity contribution < 1.29 is 13.9 Å². The second kappa shape index (κ2) is 7.29. The maximum atomic E-state index is 13.9. The molecule has 2 N–H and O–H groups in total. The molecule has 0 unspecified atom stereocenters. The molecule has 2 rings (SSSR count). The normalized spacial score (nSPS) is 10.5. The summed E-state index contributed by atoms with van der Waals surface area (Å²) in [5, 5.41) is 0.626. The Bertz CT molecular complexity index is 619. The molecule has 0 spiro atoms. The minimum absolute atomic E-state index is 0.134. The van der Waals surface area contributed by atoms with Crippen LogP contribution in [0.3, 0.4) is 0 Å². The van der Waals surface area contributed by atoms with Gasteiger partial charge in [-0.05, 0) is 48.9 Å². The molecule has 0 radical (unpaired) electrons. The van der Waals surface area contributed by atoms with E-state index in [0.29, 0.717) is 35.1 Å². The summed E-state index contributed by atoms with van der Waals surface area (Å²) in [6.07, 6.45) is 0.654. The van der Waals surface area contributed by atoms with Crippen LogP contribution in [0.25, 0.3) is 0 Å². The van der Waals surface area contributed by atoms with E-state index in [1.165, 1.54) is 13.2 Å². The first-order valence-electron chi connectivity index (χ1n) is 6.57. The van der Waals surface area contributed by atoms with Gasteiger partial charge in [-0.2, -0.15) is 0 Å². The van der Waals surface area contributed by atoms with Gasteiger partial charge in [0.15, 0.2) is 0 Å². The van der Waals surface area contributed by atoms with Crippen molar-refractivity contribution in [2.75, 3.05) is 13.7 Å². The van der Waals surface area contributed by atoms with Crippen LogP contribution in [-0.2, 0) is 13.0 Å². The highest BCUT2D eigenvalue weighted by atomic mass is 35.5. The van der Waals surface area contributed by atoms with E-state index in [-0.39, 0.29) is 12.4 Å². The number of hydrogen-bond donors (Lipinski definition) is 1.